The highest BCUT2D eigenvalue weighted by atomic mass is 16.5. The Morgan fingerprint density at radius 1 is 1.53 bits per heavy atom. The highest BCUT2D eigenvalue weighted by molar-refractivity contribution is 4.90. The molecule has 86 valence electrons. The van der Waals surface area contributed by atoms with Gasteiger partial charge in [-0.3, -0.25) is 0 Å². The molecule has 0 fully saturated rings. The van der Waals surface area contributed by atoms with Gasteiger partial charge in [0.2, 0.25) is 0 Å². The Hall–Kier alpha value is -0.940. The molecule has 0 aliphatic carbocycles. The van der Waals surface area contributed by atoms with E-state index in [2.05, 4.69) is 31.1 Å². The average Bonchev–Trinajstić information content (AvgIpc) is 2.66. The second kappa shape index (κ2) is 5.23. The quantitative estimate of drug-likeness (QED) is 0.762. The van der Waals surface area contributed by atoms with E-state index in [1.165, 1.54) is 0 Å². The van der Waals surface area contributed by atoms with Crippen molar-refractivity contribution >= 4 is 0 Å². The summed E-state index contributed by atoms with van der Waals surface area (Å²) in [5.41, 5.74) is 6.19. The summed E-state index contributed by atoms with van der Waals surface area (Å²) in [5, 5.41) is 7.84. The lowest BCUT2D eigenvalue weighted by molar-refractivity contribution is -0.0246. The highest BCUT2D eigenvalue weighted by Gasteiger charge is 2.14. The molecule has 1 aromatic heterocycles. The highest BCUT2D eigenvalue weighted by Crippen LogP contribution is 2.12. The van der Waals surface area contributed by atoms with Crippen molar-refractivity contribution in [2.24, 2.45) is 5.73 Å². The molecule has 2 N–H and O–H groups in total. The van der Waals surface area contributed by atoms with Crippen LogP contribution in [0.4, 0.5) is 0 Å². The summed E-state index contributed by atoms with van der Waals surface area (Å²) in [4.78, 5) is 0. The van der Waals surface area contributed by atoms with Crippen molar-refractivity contribution in [3.8, 4) is 0 Å². The van der Waals surface area contributed by atoms with Crippen LogP contribution < -0.4 is 5.73 Å². The van der Waals surface area contributed by atoms with Crippen LogP contribution >= 0.6 is 0 Å². The first-order chi connectivity index (χ1) is 7.07. The van der Waals surface area contributed by atoms with Crippen molar-refractivity contribution in [1.82, 2.24) is 15.0 Å². The maximum absolute atomic E-state index is 5.71. The van der Waals surface area contributed by atoms with Crippen LogP contribution in [0.25, 0.3) is 0 Å². The zero-order valence-electron chi connectivity index (χ0n) is 9.73. The minimum absolute atomic E-state index is 0.0583. The van der Waals surface area contributed by atoms with Crippen molar-refractivity contribution in [2.45, 2.75) is 45.9 Å². The Kier molecular flexibility index (Phi) is 4.23. The van der Waals surface area contributed by atoms with Gasteiger partial charge < -0.3 is 10.5 Å². The SMILES string of the molecule is CCC(C)(C)OCCn1cc(CN)nn1. The first-order valence-corrected chi connectivity index (χ1v) is 5.30. The second-order valence-corrected chi connectivity index (χ2v) is 4.14. The molecule has 0 bridgehead atoms. The van der Waals surface area contributed by atoms with Crippen LogP contribution in [-0.2, 0) is 17.8 Å². The van der Waals surface area contributed by atoms with Gasteiger partial charge in [-0.1, -0.05) is 12.1 Å². The molecule has 0 saturated heterocycles. The van der Waals surface area contributed by atoms with Gasteiger partial charge in [0.25, 0.3) is 0 Å². The predicted octanol–water partition coefficient (Wildman–Crippen LogP) is 0.942. The fourth-order valence-electron chi connectivity index (χ4n) is 1.06. The third-order valence-electron chi connectivity index (χ3n) is 2.46. The molecule has 0 atom stereocenters. The van der Waals surface area contributed by atoms with Crippen LogP contribution in [0.2, 0.25) is 0 Å². The summed E-state index contributed by atoms with van der Waals surface area (Å²) in [5.74, 6) is 0. The number of nitrogens with zero attached hydrogens (tertiary/aromatic N) is 3. The predicted molar refractivity (Wildman–Crippen MR) is 58.2 cm³/mol. The summed E-state index contributed by atoms with van der Waals surface area (Å²) < 4.78 is 7.46. The lowest BCUT2D eigenvalue weighted by Crippen LogP contribution is -2.25. The van der Waals surface area contributed by atoms with Crippen molar-refractivity contribution < 1.29 is 4.74 Å². The molecular weight excluding hydrogens is 192 g/mol. The van der Waals surface area contributed by atoms with Gasteiger partial charge in [0.1, 0.15) is 0 Å². The zero-order valence-corrected chi connectivity index (χ0v) is 9.73. The number of hydrogen-bond donors (Lipinski definition) is 1. The molecule has 15 heavy (non-hydrogen) atoms. The van der Waals surface area contributed by atoms with E-state index in [1.54, 1.807) is 4.68 Å². The van der Waals surface area contributed by atoms with Gasteiger partial charge in [0.05, 0.1) is 24.4 Å². The first kappa shape index (κ1) is 12.1. The maximum atomic E-state index is 5.71. The third kappa shape index (κ3) is 3.97. The van der Waals surface area contributed by atoms with Gasteiger partial charge in [-0.25, -0.2) is 4.68 Å². The molecule has 1 rings (SSSR count). The minimum atomic E-state index is -0.0583. The van der Waals surface area contributed by atoms with E-state index >= 15 is 0 Å². The van der Waals surface area contributed by atoms with Crippen molar-refractivity contribution in [2.75, 3.05) is 6.61 Å². The number of aromatic nitrogens is 3. The lowest BCUT2D eigenvalue weighted by Gasteiger charge is -2.23. The molecule has 5 heteroatoms. The lowest BCUT2D eigenvalue weighted by atomic mass is 10.1. The van der Waals surface area contributed by atoms with Crippen LogP contribution in [0, 0.1) is 0 Å². The van der Waals surface area contributed by atoms with Crippen LogP contribution in [0.3, 0.4) is 0 Å². The van der Waals surface area contributed by atoms with Crippen molar-refractivity contribution in [3.63, 3.8) is 0 Å². The average molecular weight is 212 g/mol. The zero-order chi connectivity index (χ0) is 11.3. The topological polar surface area (TPSA) is 66.0 Å². The van der Waals surface area contributed by atoms with Crippen LogP contribution in [0.5, 0.6) is 0 Å². The summed E-state index contributed by atoms with van der Waals surface area (Å²) in [6, 6.07) is 0. The molecule has 5 nitrogen and oxygen atoms in total. The van der Waals surface area contributed by atoms with E-state index in [9.17, 15) is 0 Å². The van der Waals surface area contributed by atoms with E-state index < -0.39 is 0 Å². The maximum Gasteiger partial charge on any atom is 0.0962 e. The molecule has 1 aromatic rings. The smallest absolute Gasteiger partial charge is 0.0962 e. The van der Waals surface area contributed by atoms with Gasteiger partial charge >= 0.3 is 0 Å². The standard InChI is InChI=1S/C10H20N4O/c1-4-10(2,3)15-6-5-14-8-9(7-11)12-13-14/h8H,4-7,11H2,1-3H3. The summed E-state index contributed by atoms with van der Waals surface area (Å²) in [6.07, 6.45) is 2.85. The molecule has 0 radical (unpaired) electrons. The van der Waals surface area contributed by atoms with E-state index in [0.717, 1.165) is 18.7 Å². The summed E-state index contributed by atoms with van der Waals surface area (Å²) in [7, 11) is 0. The Balaban J connectivity index is 2.31. The van der Waals surface area contributed by atoms with Gasteiger partial charge in [-0.05, 0) is 20.3 Å². The Labute approximate surface area is 90.6 Å². The van der Waals surface area contributed by atoms with Crippen LogP contribution in [0.15, 0.2) is 6.20 Å². The summed E-state index contributed by atoms with van der Waals surface area (Å²) in [6.45, 7) is 8.08. The Bertz CT molecular complexity index is 295. The number of hydrogen-bond acceptors (Lipinski definition) is 4. The normalized spacial score (nSPS) is 12.0. The molecule has 0 saturated carbocycles. The molecule has 0 unspecified atom stereocenters. The molecule has 0 aliphatic heterocycles. The van der Waals surface area contributed by atoms with Crippen molar-refractivity contribution in [1.29, 1.82) is 0 Å². The molecule has 0 spiro atoms. The monoisotopic (exact) mass is 212 g/mol. The van der Waals surface area contributed by atoms with E-state index in [1.807, 2.05) is 6.20 Å². The van der Waals surface area contributed by atoms with E-state index in [-0.39, 0.29) is 5.60 Å². The van der Waals surface area contributed by atoms with Gasteiger partial charge in [0, 0.05) is 12.7 Å². The molecule has 1 heterocycles. The summed E-state index contributed by atoms with van der Waals surface area (Å²) >= 11 is 0. The number of rotatable bonds is 6. The minimum Gasteiger partial charge on any atom is -0.374 e. The van der Waals surface area contributed by atoms with Gasteiger partial charge in [-0.2, -0.15) is 0 Å². The fourth-order valence-corrected chi connectivity index (χ4v) is 1.06. The second-order valence-electron chi connectivity index (χ2n) is 4.14. The number of nitrogens with two attached hydrogens (primary N) is 1. The Morgan fingerprint density at radius 3 is 2.80 bits per heavy atom. The van der Waals surface area contributed by atoms with Gasteiger partial charge in [0.15, 0.2) is 0 Å². The molecule has 0 aliphatic rings. The third-order valence-corrected chi connectivity index (χ3v) is 2.46. The molecular formula is C10H20N4O. The first-order valence-electron chi connectivity index (χ1n) is 5.30. The van der Waals surface area contributed by atoms with Crippen molar-refractivity contribution in [3.05, 3.63) is 11.9 Å². The molecule has 0 aromatic carbocycles. The van der Waals surface area contributed by atoms with E-state index in [4.69, 9.17) is 10.5 Å². The van der Waals surface area contributed by atoms with Gasteiger partial charge in [-0.15, -0.1) is 5.10 Å². The number of ether oxygens (including phenoxy) is 1. The van der Waals surface area contributed by atoms with Crippen LogP contribution in [-0.4, -0.2) is 27.2 Å². The van der Waals surface area contributed by atoms with E-state index in [0.29, 0.717) is 13.2 Å². The fraction of sp³-hybridized carbons (Fsp3) is 0.800. The molecule has 0 amide bonds. The largest absolute Gasteiger partial charge is 0.374 e. The van der Waals surface area contributed by atoms with Crippen LogP contribution in [0.1, 0.15) is 32.9 Å². The Morgan fingerprint density at radius 2 is 2.27 bits per heavy atom.